The number of amides is 1. The predicted molar refractivity (Wildman–Crippen MR) is 61.4 cm³/mol. The van der Waals surface area contributed by atoms with Crippen LogP contribution in [-0.2, 0) is 16.6 Å². The molecule has 94 valence electrons. The second-order valence-electron chi connectivity index (χ2n) is 4.78. The first-order chi connectivity index (χ1) is 7.78. The fraction of sp³-hybridized carbons (Fsp3) is 0.545. The lowest BCUT2D eigenvalue weighted by Gasteiger charge is -2.20. The van der Waals surface area contributed by atoms with Gasteiger partial charge in [0.15, 0.2) is 6.61 Å². The number of esters is 1. The van der Waals surface area contributed by atoms with Gasteiger partial charge in [-0.25, -0.2) is 4.79 Å². The number of aryl methyl sites for hydroxylation is 1. The molecule has 0 spiro atoms. The smallest absolute Gasteiger partial charge is 0.341 e. The van der Waals surface area contributed by atoms with E-state index in [1.54, 1.807) is 7.05 Å². The maximum Gasteiger partial charge on any atom is 0.341 e. The SMILES string of the molecule is Cn1cc(C(=O)OCC(=O)NC(C)(C)C)cn1. The summed E-state index contributed by atoms with van der Waals surface area (Å²) in [6.07, 6.45) is 2.92. The van der Waals surface area contributed by atoms with Crippen LogP contribution in [0.25, 0.3) is 0 Å². The zero-order chi connectivity index (χ0) is 13.1. The Labute approximate surface area is 99.9 Å². The third-order valence-corrected chi connectivity index (χ3v) is 1.79. The summed E-state index contributed by atoms with van der Waals surface area (Å²) in [5.74, 6) is -0.878. The second-order valence-corrected chi connectivity index (χ2v) is 4.78. The normalized spacial score (nSPS) is 11.1. The topological polar surface area (TPSA) is 73.2 Å². The number of hydrogen-bond acceptors (Lipinski definition) is 4. The van der Waals surface area contributed by atoms with Gasteiger partial charge in [-0.05, 0) is 20.8 Å². The summed E-state index contributed by atoms with van der Waals surface area (Å²) in [6, 6.07) is 0. The highest BCUT2D eigenvalue weighted by Crippen LogP contribution is 2.01. The largest absolute Gasteiger partial charge is 0.452 e. The minimum Gasteiger partial charge on any atom is -0.452 e. The van der Waals surface area contributed by atoms with E-state index in [4.69, 9.17) is 4.74 Å². The van der Waals surface area contributed by atoms with E-state index in [-0.39, 0.29) is 18.1 Å². The Morgan fingerprint density at radius 3 is 2.59 bits per heavy atom. The van der Waals surface area contributed by atoms with Gasteiger partial charge in [0.05, 0.1) is 11.8 Å². The summed E-state index contributed by atoms with van der Waals surface area (Å²) in [6.45, 7) is 5.28. The van der Waals surface area contributed by atoms with Gasteiger partial charge in [0.1, 0.15) is 0 Å². The quantitative estimate of drug-likeness (QED) is 0.779. The third-order valence-electron chi connectivity index (χ3n) is 1.79. The van der Waals surface area contributed by atoms with Crippen LogP contribution in [0, 0.1) is 0 Å². The molecule has 0 aliphatic carbocycles. The van der Waals surface area contributed by atoms with Crippen molar-refractivity contribution >= 4 is 11.9 Å². The minimum atomic E-state index is -0.554. The Bertz CT molecular complexity index is 418. The van der Waals surface area contributed by atoms with Gasteiger partial charge >= 0.3 is 5.97 Å². The van der Waals surface area contributed by atoms with Gasteiger partial charge in [0.2, 0.25) is 0 Å². The molecule has 1 aromatic heterocycles. The molecule has 1 heterocycles. The molecule has 1 rings (SSSR count). The molecule has 1 amide bonds. The zero-order valence-corrected chi connectivity index (χ0v) is 10.5. The Kier molecular flexibility index (Phi) is 3.88. The third kappa shape index (κ3) is 4.67. The molecule has 0 aliphatic heterocycles. The molecule has 0 bridgehead atoms. The molecule has 1 aromatic rings. The molecule has 0 unspecified atom stereocenters. The summed E-state index contributed by atoms with van der Waals surface area (Å²) < 4.78 is 6.34. The van der Waals surface area contributed by atoms with E-state index in [0.29, 0.717) is 5.56 Å². The van der Waals surface area contributed by atoms with Gasteiger partial charge in [0.25, 0.3) is 5.91 Å². The van der Waals surface area contributed by atoms with Crippen LogP contribution in [0.2, 0.25) is 0 Å². The summed E-state index contributed by atoms with van der Waals surface area (Å²) in [4.78, 5) is 22.9. The van der Waals surface area contributed by atoms with Crippen LogP contribution >= 0.6 is 0 Å². The van der Waals surface area contributed by atoms with Gasteiger partial charge < -0.3 is 10.1 Å². The van der Waals surface area contributed by atoms with Crippen LogP contribution in [0.3, 0.4) is 0 Å². The first kappa shape index (κ1) is 13.2. The summed E-state index contributed by atoms with van der Waals surface area (Å²) in [7, 11) is 1.70. The number of carbonyl (C=O) groups is 2. The molecule has 0 saturated heterocycles. The van der Waals surface area contributed by atoms with Crippen molar-refractivity contribution < 1.29 is 14.3 Å². The lowest BCUT2D eigenvalue weighted by Crippen LogP contribution is -2.42. The summed E-state index contributed by atoms with van der Waals surface area (Å²) in [5.41, 5.74) is -0.00584. The van der Waals surface area contributed by atoms with E-state index in [1.807, 2.05) is 20.8 Å². The molecule has 0 fully saturated rings. The number of carbonyl (C=O) groups excluding carboxylic acids is 2. The first-order valence-electron chi connectivity index (χ1n) is 5.25. The molecular weight excluding hydrogens is 222 g/mol. The van der Waals surface area contributed by atoms with E-state index in [9.17, 15) is 9.59 Å². The van der Waals surface area contributed by atoms with Crippen molar-refractivity contribution in [2.75, 3.05) is 6.61 Å². The van der Waals surface area contributed by atoms with Crippen molar-refractivity contribution in [1.82, 2.24) is 15.1 Å². The Morgan fingerprint density at radius 1 is 1.47 bits per heavy atom. The fourth-order valence-corrected chi connectivity index (χ4v) is 1.20. The van der Waals surface area contributed by atoms with E-state index in [2.05, 4.69) is 10.4 Å². The van der Waals surface area contributed by atoms with Crippen LogP contribution < -0.4 is 5.32 Å². The molecule has 6 nitrogen and oxygen atoms in total. The fourth-order valence-electron chi connectivity index (χ4n) is 1.20. The van der Waals surface area contributed by atoms with E-state index in [1.165, 1.54) is 17.1 Å². The van der Waals surface area contributed by atoms with Gasteiger partial charge in [-0.2, -0.15) is 5.10 Å². The maximum absolute atomic E-state index is 11.5. The second kappa shape index (κ2) is 4.99. The maximum atomic E-state index is 11.5. The van der Waals surface area contributed by atoms with E-state index >= 15 is 0 Å². The van der Waals surface area contributed by atoms with Crippen LogP contribution in [0.4, 0.5) is 0 Å². The van der Waals surface area contributed by atoms with Crippen molar-refractivity contribution in [3.05, 3.63) is 18.0 Å². The molecule has 0 radical (unpaired) electrons. The zero-order valence-electron chi connectivity index (χ0n) is 10.5. The Morgan fingerprint density at radius 2 is 2.12 bits per heavy atom. The highest BCUT2D eigenvalue weighted by molar-refractivity contribution is 5.90. The van der Waals surface area contributed by atoms with Crippen LogP contribution in [-0.4, -0.2) is 33.8 Å². The highest BCUT2D eigenvalue weighted by atomic mass is 16.5. The van der Waals surface area contributed by atoms with Crippen molar-refractivity contribution in [1.29, 1.82) is 0 Å². The van der Waals surface area contributed by atoms with Crippen LogP contribution in [0.1, 0.15) is 31.1 Å². The molecule has 17 heavy (non-hydrogen) atoms. The molecular formula is C11H17N3O3. The number of ether oxygens (including phenoxy) is 1. The van der Waals surface area contributed by atoms with Crippen molar-refractivity contribution in [3.8, 4) is 0 Å². The number of rotatable bonds is 3. The lowest BCUT2D eigenvalue weighted by atomic mass is 10.1. The van der Waals surface area contributed by atoms with Gasteiger partial charge in [-0.15, -0.1) is 0 Å². The number of hydrogen-bond donors (Lipinski definition) is 1. The van der Waals surface area contributed by atoms with Crippen LogP contribution in [0.15, 0.2) is 12.4 Å². The van der Waals surface area contributed by atoms with Crippen molar-refractivity contribution in [3.63, 3.8) is 0 Å². The molecule has 0 saturated carbocycles. The van der Waals surface area contributed by atoms with E-state index < -0.39 is 5.97 Å². The van der Waals surface area contributed by atoms with Crippen LogP contribution in [0.5, 0.6) is 0 Å². The van der Waals surface area contributed by atoms with Gasteiger partial charge in [-0.3, -0.25) is 9.48 Å². The average Bonchev–Trinajstić information content (AvgIpc) is 2.58. The van der Waals surface area contributed by atoms with Gasteiger partial charge in [-0.1, -0.05) is 0 Å². The standard InChI is InChI=1S/C11H17N3O3/c1-11(2,3)13-9(15)7-17-10(16)8-5-12-14(4)6-8/h5-6H,7H2,1-4H3,(H,13,15). The molecule has 6 heteroatoms. The Balaban J connectivity index is 2.41. The molecule has 0 atom stereocenters. The average molecular weight is 239 g/mol. The molecule has 0 aromatic carbocycles. The monoisotopic (exact) mass is 239 g/mol. The molecule has 0 aliphatic rings. The predicted octanol–water partition coefficient (Wildman–Crippen LogP) is 0.492. The van der Waals surface area contributed by atoms with Crippen molar-refractivity contribution in [2.45, 2.75) is 26.3 Å². The van der Waals surface area contributed by atoms with Crippen molar-refractivity contribution in [2.24, 2.45) is 7.05 Å². The molecule has 1 N–H and O–H groups in total. The number of nitrogens with zero attached hydrogens (tertiary/aromatic N) is 2. The minimum absolute atomic E-state index is 0.287. The van der Waals surface area contributed by atoms with E-state index in [0.717, 1.165) is 0 Å². The van der Waals surface area contributed by atoms with Gasteiger partial charge in [0, 0.05) is 18.8 Å². The summed E-state index contributed by atoms with van der Waals surface area (Å²) in [5, 5.41) is 6.53. The Hall–Kier alpha value is -1.85. The lowest BCUT2D eigenvalue weighted by molar-refractivity contribution is -0.125. The number of aromatic nitrogens is 2. The number of nitrogens with one attached hydrogen (secondary N) is 1. The summed E-state index contributed by atoms with van der Waals surface area (Å²) >= 11 is 0. The first-order valence-corrected chi connectivity index (χ1v) is 5.25. The highest BCUT2D eigenvalue weighted by Gasteiger charge is 2.16.